The Kier molecular flexibility index (Phi) is 2.91. The van der Waals surface area contributed by atoms with Gasteiger partial charge in [0.1, 0.15) is 11.0 Å². The first-order valence-corrected chi connectivity index (χ1v) is 5.48. The minimum atomic E-state index is 0.0345. The molecule has 0 aliphatic heterocycles. The molecule has 1 atom stereocenters. The highest BCUT2D eigenvalue weighted by molar-refractivity contribution is 6.29. The first-order chi connectivity index (χ1) is 7.16. The zero-order valence-electron chi connectivity index (χ0n) is 8.53. The van der Waals surface area contributed by atoms with Crippen LogP contribution in [0, 0.1) is 11.8 Å². The molecular weight excluding hydrogens is 212 g/mol. The van der Waals surface area contributed by atoms with Crippen molar-refractivity contribution in [2.75, 3.05) is 5.32 Å². The molecule has 1 amide bonds. The Bertz CT molecular complexity index is 377. The lowest BCUT2D eigenvalue weighted by Crippen LogP contribution is -2.22. The highest BCUT2D eigenvalue weighted by atomic mass is 35.5. The van der Waals surface area contributed by atoms with Gasteiger partial charge in [0.25, 0.3) is 0 Å². The van der Waals surface area contributed by atoms with Crippen molar-refractivity contribution in [3.05, 3.63) is 23.4 Å². The maximum Gasteiger partial charge on any atom is 0.228 e. The van der Waals surface area contributed by atoms with Crippen molar-refractivity contribution in [1.82, 2.24) is 4.98 Å². The fourth-order valence-electron chi connectivity index (χ4n) is 1.53. The van der Waals surface area contributed by atoms with E-state index in [2.05, 4.69) is 10.3 Å². The fraction of sp³-hybridized carbons (Fsp3) is 0.455. The average molecular weight is 225 g/mol. The second-order valence-electron chi connectivity index (χ2n) is 3.96. The molecule has 15 heavy (non-hydrogen) atoms. The molecule has 0 saturated heterocycles. The van der Waals surface area contributed by atoms with Gasteiger partial charge in [-0.15, -0.1) is 0 Å². The highest BCUT2D eigenvalue weighted by Crippen LogP contribution is 2.36. The molecule has 1 aromatic heterocycles. The van der Waals surface area contributed by atoms with Crippen LogP contribution in [0.1, 0.15) is 19.8 Å². The summed E-state index contributed by atoms with van der Waals surface area (Å²) in [6.45, 7) is 1.96. The SMILES string of the molecule is CC(C(=O)Nc1cccc(Cl)n1)C1CC1. The summed E-state index contributed by atoms with van der Waals surface area (Å²) in [4.78, 5) is 15.7. The maximum absolute atomic E-state index is 11.7. The number of rotatable bonds is 3. The van der Waals surface area contributed by atoms with E-state index in [-0.39, 0.29) is 11.8 Å². The normalized spacial score (nSPS) is 17.2. The van der Waals surface area contributed by atoms with E-state index in [1.807, 2.05) is 6.92 Å². The number of hydrogen-bond acceptors (Lipinski definition) is 2. The van der Waals surface area contributed by atoms with Crippen LogP contribution in [-0.2, 0) is 4.79 Å². The number of nitrogens with zero attached hydrogens (tertiary/aromatic N) is 1. The van der Waals surface area contributed by atoms with Crippen LogP contribution in [0.4, 0.5) is 5.82 Å². The number of carbonyl (C=O) groups excluding carboxylic acids is 1. The number of nitrogens with one attached hydrogen (secondary N) is 1. The van der Waals surface area contributed by atoms with Crippen molar-refractivity contribution in [2.24, 2.45) is 11.8 Å². The van der Waals surface area contributed by atoms with Crippen LogP contribution in [0.3, 0.4) is 0 Å². The fourth-order valence-corrected chi connectivity index (χ4v) is 1.69. The predicted molar refractivity (Wildman–Crippen MR) is 59.8 cm³/mol. The maximum atomic E-state index is 11.7. The molecule has 1 aliphatic carbocycles. The minimum Gasteiger partial charge on any atom is -0.310 e. The van der Waals surface area contributed by atoms with Crippen LogP contribution < -0.4 is 5.32 Å². The smallest absolute Gasteiger partial charge is 0.228 e. The molecule has 0 radical (unpaired) electrons. The van der Waals surface area contributed by atoms with E-state index in [0.717, 1.165) is 12.8 Å². The van der Waals surface area contributed by atoms with Crippen LogP contribution in [-0.4, -0.2) is 10.9 Å². The molecule has 0 bridgehead atoms. The first-order valence-electron chi connectivity index (χ1n) is 5.10. The number of hydrogen-bond donors (Lipinski definition) is 1. The van der Waals surface area contributed by atoms with Crippen LogP contribution in [0.2, 0.25) is 5.15 Å². The molecule has 1 heterocycles. The van der Waals surface area contributed by atoms with E-state index >= 15 is 0 Å². The first kappa shape index (κ1) is 10.4. The molecule has 1 aliphatic rings. The number of carbonyl (C=O) groups is 1. The van der Waals surface area contributed by atoms with Crippen LogP contribution in [0.5, 0.6) is 0 Å². The molecule has 1 aromatic rings. The number of pyridine rings is 1. The number of halogens is 1. The van der Waals surface area contributed by atoms with E-state index in [4.69, 9.17) is 11.6 Å². The van der Waals surface area contributed by atoms with Gasteiger partial charge in [-0.25, -0.2) is 4.98 Å². The van der Waals surface area contributed by atoms with Gasteiger partial charge in [-0.1, -0.05) is 24.6 Å². The third-order valence-electron chi connectivity index (χ3n) is 2.71. The largest absolute Gasteiger partial charge is 0.310 e. The lowest BCUT2D eigenvalue weighted by atomic mass is 10.1. The molecule has 4 heteroatoms. The zero-order chi connectivity index (χ0) is 10.8. The van der Waals surface area contributed by atoms with Crippen molar-refractivity contribution < 1.29 is 4.79 Å². The molecule has 2 rings (SSSR count). The van der Waals surface area contributed by atoms with E-state index in [1.165, 1.54) is 0 Å². The van der Waals surface area contributed by atoms with Gasteiger partial charge in [-0.2, -0.15) is 0 Å². The summed E-state index contributed by atoms with van der Waals surface area (Å²) in [5.74, 6) is 1.20. The Labute approximate surface area is 93.8 Å². The van der Waals surface area contributed by atoms with Gasteiger partial charge in [0.05, 0.1) is 0 Å². The van der Waals surface area contributed by atoms with E-state index < -0.39 is 0 Å². The van der Waals surface area contributed by atoms with Gasteiger partial charge < -0.3 is 5.32 Å². The highest BCUT2D eigenvalue weighted by Gasteiger charge is 2.32. The summed E-state index contributed by atoms with van der Waals surface area (Å²) in [5, 5.41) is 3.16. The van der Waals surface area contributed by atoms with Crippen molar-refractivity contribution in [3.63, 3.8) is 0 Å². The molecule has 0 spiro atoms. The van der Waals surface area contributed by atoms with Gasteiger partial charge in [-0.3, -0.25) is 4.79 Å². The van der Waals surface area contributed by atoms with Gasteiger partial charge in [0.2, 0.25) is 5.91 Å². The van der Waals surface area contributed by atoms with Crippen molar-refractivity contribution in [2.45, 2.75) is 19.8 Å². The lowest BCUT2D eigenvalue weighted by Gasteiger charge is -2.10. The van der Waals surface area contributed by atoms with Gasteiger partial charge in [0.15, 0.2) is 0 Å². The minimum absolute atomic E-state index is 0.0345. The van der Waals surface area contributed by atoms with Crippen molar-refractivity contribution >= 4 is 23.3 Å². The molecule has 3 nitrogen and oxygen atoms in total. The third-order valence-corrected chi connectivity index (χ3v) is 2.92. The van der Waals surface area contributed by atoms with Crippen molar-refractivity contribution in [3.8, 4) is 0 Å². The molecule has 1 saturated carbocycles. The zero-order valence-corrected chi connectivity index (χ0v) is 9.29. The number of aromatic nitrogens is 1. The summed E-state index contributed by atoms with van der Waals surface area (Å²) in [6, 6.07) is 5.19. The predicted octanol–water partition coefficient (Wildman–Crippen LogP) is 2.72. The summed E-state index contributed by atoms with van der Waals surface area (Å²) in [6.07, 6.45) is 2.33. The van der Waals surface area contributed by atoms with Crippen LogP contribution in [0.15, 0.2) is 18.2 Å². The Balaban J connectivity index is 1.98. The van der Waals surface area contributed by atoms with Gasteiger partial charge in [0, 0.05) is 5.92 Å². The third kappa shape index (κ3) is 2.69. The Morgan fingerprint density at radius 1 is 1.60 bits per heavy atom. The second kappa shape index (κ2) is 4.19. The monoisotopic (exact) mass is 224 g/mol. The van der Waals surface area contributed by atoms with Crippen LogP contribution >= 0.6 is 11.6 Å². The molecule has 0 aromatic carbocycles. The summed E-state index contributed by atoms with van der Waals surface area (Å²) >= 11 is 5.72. The van der Waals surface area contributed by atoms with Gasteiger partial charge >= 0.3 is 0 Å². The van der Waals surface area contributed by atoms with Crippen LogP contribution in [0.25, 0.3) is 0 Å². The second-order valence-corrected chi connectivity index (χ2v) is 4.35. The standard InChI is InChI=1S/C11H13ClN2O/c1-7(8-5-6-8)11(15)14-10-4-2-3-9(12)13-10/h2-4,7-8H,5-6H2,1H3,(H,13,14,15). The molecule has 1 unspecified atom stereocenters. The average Bonchev–Trinajstić information content (AvgIpc) is 2.99. The summed E-state index contributed by atoms with van der Waals surface area (Å²) in [7, 11) is 0. The summed E-state index contributed by atoms with van der Waals surface area (Å²) < 4.78 is 0. The molecule has 80 valence electrons. The topological polar surface area (TPSA) is 42.0 Å². The molecule has 1 fully saturated rings. The van der Waals surface area contributed by atoms with E-state index in [1.54, 1.807) is 18.2 Å². The number of amides is 1. The summed E-state index contributed by atoms with van der Waals surface area (Å²) in [5.41, 5.74) is 0. The van der Waals surface area contributed by atoms with Gasteiger partial charge in [-0.05, 0) is 30.9 Å². The molecular formula is C11H13ClN2O. The van der Waals surface area contributed by atoms with E-state index in [0.29, 0.717) is 16.9 Å². The lowest BCUT2D eigenvalue weighted by molar-refractivity contribution is -0.119. The van der Waals surface area contributed by atoms with Crippen molar-refractivity contribution in [1.29, 1.82) is 0 Å². The quantitative estimate of drug-likeness (QED) is 0.803. The molecule has 1 N–H and O–H groups in total. The Morgan fingerprint density at radius 3 is 2.93 bits per heavy atom. The Hall–Kier alpha value is -1.09. The Morgan fingerprint density at radius 2 is 2.33 bits per heavy atom. The number of anilines is 1. The van der Waals surface area contributed by atoms with E-state index in [9.17, 15) is 4.79 Å².